The smallest absolute Gasteiger partial charge is 0.224 e. The molecule has 2 aromatic rings. The first-order valence-electron chi connectivity index (χ1n) is 7.27. The van der Waals surface area contributed by atoms with Gasteiger partial charge in [-0.05, 0) is 16.7 Å². The molecule has 1 amide bonds. The second-order valence-electron chi connectivity index (χ2n) is 5.15. The molecule has 4 heteroatoms. The summed E-state index contributed by atoms with van der Waals surface area (Å²) in [5.74, 6) is -0.109. The second kappa shape index (κ2) is 8.32. The number of benzene rings is 2. The summed E-state index contributed by atoms with van der Waals surface area (Å²) in [6, 6.07) is 18.0. The molecular formula is C18H21NO3. The number of amides is 1. The fourth-order valence-electron chi connectivity index (χ4n) is 2.18. The van der Waals surface area contributed by atoms with E-state index in [1.807, 2.05) is 42.5 Å². The summed E-state index contributed by atoms with van der Waals surface area (Å²) in [5.41, 5.74) is 3.22. The standard InChI is InChI=1S/C18H21NO3/c1-22-13-17(20)12-19-18(21)11-14-7-9-16(10-8-14)15-5-3-2-4-6-15/h2-10,17,20H,11-13H2,1H3,(H,19,21). The maximum Gasteiger partial charge on any atom is 0.224 e. The van der Waals surface area contributed by atoms with Crippen LogP contribution in [0.15, 0.2) is 54.6 Å². The highest BCUT2D eigenvalue weighted by Gasteiger charge is 2.07. The molecule has 0 saturated heterocycles. The van der Waals surface area contributed by atoms with Gasteiger partial charge in [-0.3, -0.25) is 4.79 Å². The van der Waals surface area contributed by atoms with Crippen molar-refractivity contribution in [1.29, 1.82) is 0 Å². The molecule has 1 unspecified atom stereocenters. The predicted molar refractivity (Wildman–Crippen MR) is 86.5 cm³/mol. The first-order valence-corrected chi connectivity index (χ1v) is 7.27. The molecule has 2 rings (SSSR count). The zero-order valence-corrected chi connectivity index (χ0v) is 12.7. The predicted octanol–water partition coefficient (Wildman–Crippen LogP) is 2.02. The van der Waals surface area contributed by atoms with Gasteiger partial charge in [-0.15, -0.1) is 0 Å². The van der Waals surface area contributed by atoms with E-state index in [1.165, 1.54) is 7.11 Å². The maximum absolute atomic E-state index is 11.8. The zero-order chi connectivity index (χ0) is 15.8. The van der Waals surface area contributed by atoms with Crippen LogP contribution in [0.2, 0.25) is 0 Å². The van der Waals surface area contributed by atoms with Crippen LogP contribution in [-0.2, 0) is 16.0 Å². The molecular weight excluding hydrogens is 278 g/mol. The van der Waals surface area contributed by atoms with Gasteiger partial charge in [0.05, 0.1) is 19.1 Å². The van der Waals surface area contributed by atoms with Crippen molar-refractivity contribution >= 4 is 5.91 Å². The van der Waals surface area contributed by atoms with Crippen LogP contribution < -0.4 is 5.32 Å². The molecule has 0 aromatic heterocycles. The van der Waals surface area contributed by atoms with Crippen LogP contribution in [0.1, 0.15) is 5.56 Å². The quantitative estimate of drug-likeness (QED) is 0.822. The van der Waals surface area contributed by atoms with E-state index in [1.54, 1.807) is 0 Å². The molecule has 0 aliphatic heterocycles. The monoisotopic (exact) mass is 299 g/mol. The first kappa shape index (κ1) is 16.2. The molecule has 0 heterocycles. The highest BCUT2D eigenvalue weighted by molar-refractivity contribution is 5.78. The Hall–Kier alpha value is -2.17. The van der Waals surface area contributed by atoms with E-state index in [0.29, 0.717) is 6.42 Å². The molecule has 2 N–H and O–H groups in total. The number of carbonyl (C=O) groups is 1. The third kappa shape index (κ3) is 4.98. The van der Waals surface area contributed by atoms with Gasteiger partial charge < -0.3 is 15.2 Å². The molecule has 4 nitrogen and oxygen atoms in total. The van der Waals surface area contributed by atoms with Crippen molar-refractivity contribution in [3.05, 3.63) is 60.2 Å². The SMILES string of the molecule is COCC(O)CNC(=O)Cc1ccc(-c2ccccc2)cc1. The summed E-state index contributed by atoms with van der Waals surface area (Å²) in [6.07, 6.45) is -0.371. The van der Waals surface area contributed by atoms with Crippen LogP contribution in [-0.4, -0.2) is 37.4 Å². The lowest BCUT2D eigenvalue weighted by Crippen LogP contribution is -2.35. The minimum absolute atomic E-state index is 0.109. The Morgan fingerprint density at radius 1 is 1.09 bits per heavy atom. The van der Waals surface area contributed by atoms with Crippen molar-refractivity contribution in [3.8, 4) is 11.1 Å². The third-order valence-electron chi connectivity index (χ3n) is 3.32. The van der Waals surface area contributed by atoms with Gasteiger partial charge in [-0.1, -0.05) is 54.6 Å². The highest BCUT2D eigenvalue weighted by atomic mass is 16.5. The van der Waals surface area contributed by atoms with Gasteiger partial charge in [-0.25, -0.2) is 0 Å². The van der Waals surface area contributed by atoms with E-state index in [9.17, 15) is 9.90 Å². The Labute approximate surface area is 130 Å². The zero-order valence-electron chi connectivity index (χ0n) is 12.7. The van der Waals surface area contributed by atoms with Crippen LogP contribution in [0, 0.1) is 0 Å². The van der Waals surface area contributed by atoms with Crippen LogP contribution in [0.5, 0.6) is 0 Å². The minimum Gasteiger partial charge on any atom is -0.389 e. The van der Waals surface area contributed by atoms with E-state index >= 15 is 0 Å². The van der Waals surface area contributed by atoms with Gasteiger partial charge in [-0.2, -0.15) is 0 Å². The maximum atomic E-state index is 11.8. The molecule has 1 atom stereocenters. The van der Waals surface area contributed by atoms with Crippen molar-refractivity contribution in [2.45, 2.75) is 12.5 Å². The summed E-state index contributed by atoms with van der Waals surface area (Å²) >= 11 is 0. The van der Waals surface area contributed by atoms with Crippen LogP contribution in [0.4, 0.5) is 0 Å². The van der Waals surface area contributed by atoms with E-state index in [0.717, 1.165) is 16.7 Å². The molecule has 0 saturated carbocycles. The lowest BCUT2D eigenvalue weighted by atomic mass is 10.0. The Bertz CT molecular complexity index is 581. The van der Waals surface area contributed by atoms with Gasteiger partial charge in [0, 0.05) is 13.7 Å². The molecule has 0 bridgehead atoms. The van der Waals surface area contributed by atoms with E-state index < -0.39 is 6.10 Å². The van der Waals surface area contributed by atoms with E-state index in [-0.39, 0.29) is 19.1 Å². The van der Waals surface area contributed by atoms with Crippen LogP contribution in [0.25, 0.3) is 11.1 Å². The Kier molecular flexibility index (Phi) is 6.13. The van der Waals surface area contributed by atoms with E-state index in [4.69, 9.17) is 4.74 Å². The average Bonchev–Trinajstić information content (AvgIpc) is 2.55. The molecule has 0 aliphatic rings. The summed E-state index contributed by atoms with van der Waals surface area (Å²) in [6.45, 7) is 0.417. The van der Waals surface area contributed by atoms with Crippen molar-refractivity contribution in [2.24, 2.45) is 0 Å². The normalized spacial score (nSPS) is 11.9. The molecule has 0 radical (unpaired) electrons. The number of hydrogen-bond donors (Lipinski definition) is 2. The van der Waals surface area contributed by atoms with Crippen molar-refractivity contribution in [1.82, 2.24) is 5.32 Å². The summed E-state index contributed by atoms with van der Waals surface area (Å²) in [5, 5.41) is 12.2. The molecule has 0 spiro atoms. The number of hydrogen-bond acceptors (Lipinski definition) is 3. The molecule has 0 aliphatic carbocycles. The summed E-state index contributed by atoms with van der Waals surface area (Å²) in [7, 11) is 1.51. The molecule has 2 aromatic carbocycles. The van der Waals surface area contributed by atoms with Gasteiger partial charge in [0.1, 0.15) is 0 Å². The topological polar surface area (TPSA) is 58.6 Å². The lowest BCUT2D eigenvalue weighted by molar-refractivity contribution is -0.121. The third-order valence-corrected chi connectivity index (χ3v) is 3.32. The van der Waals surface area contributed by atoms with Gasteiger partial charge in [0.15, 0.2) is 0 Å². The Balaban J connectivity index is 1.87. The van der Waals surface area contributed by atoms with Crippen molar-refractivity contribution < 1.29 is 14.6 Å². The number of aliphatic hydroxyl groups is 1. The fraction of sp³-hybridized carbons (Fsp3) is 0.278. The first-order chi connectivity index (χ1) is 10.7. The highest BCUT2D eigenvalue weighted by Crippen LogP contribution is 2.19. The number of ether oxygens (including phenoxy) is 1. The number of aliphatic hydroxyl groups excluding tert-OH is 1. The number of rotatable bonds is 7. The summed E-state index contributed by atoms with van der Waals surface area (Å²) in [4.78, 5) is 11.8. The second-order valence-corrected chi connectivity index (χ2v) is 5.15. The fourth-order valence-corrected chi connectivity index (χ4v) is 2.18. The largest absolute Gasteiger partial charge is 0.389 e. The van der Waals surface area contributed by atoms with Crippen molar-refractivity contribution in [3.63, 3.8) is 0 Å². The van der Waals surface area contributed by atoms with E-state index in [2.05, 4.69) is 17.4 Å². The number of nitrogens with one attached hydrogen (secondary N) is 1. The van der Waals surface area contributed by atoms with Crippen molar-refractivity contribution in [2.75, 3.05) is 20.3 Å². The van der Waals surface area contributed by atoms with Crippen LogP contribution >= 0.6 is 0 Å². The average molecular weight is 299 g/mol. The van der Waals surface area contributed by atoms with Gasteiger partial charge in [0.2, 0.25) is 5.91 Å². The molecule has 116 valence electrons. The minimum atomic E-state index is -0.672. The van der Waals surface area contributed by atoms with Crippen LogP contribution in [0.3, 0.4) is 0 Å². The van der Waals surface area contributed by atoms with Gasteiger partial charge >= 0.3 is 0 Å². The Morgan fingerprint density at radius 3 is 2.36 bits per heavy atom. The summed E-state index contributed by atoms with van der Waals surface area (Å²) < 4.78 is 4.81. The van der Waals surface area contributed by atoms with Gasteiger partial charge in [0.25, 0.3) is 0 Å². The Morgan fingerprint density at radius 2 is 1.73 bits per heavy atom. The number of carbonyl (C=O) groups excluding carboxylic acids is 1. The lowest BCUT2D eigenvalue weighted by Gasteiger charge is -2.11. The molecule has 0 fully saturated rings. The number of methoxy groups -OCH3 is 1. The molecule has 22 heavy (non-hydrogen) atoms.